The quantitative estimate of drug-likeness (QED) is 0.534. The molecule has 0 heterocycles. The van der Waals surface area contributed by atoms with Crippen LogP contribution in [0.15, 0.2) is 36.3 Å². The fourth-order valence-corrected chi connectivity index (χ4v) is 0.836. The highest BCUT2D eigenvalue weighted by Gasteiger charge is 2.03. The zero-order valence-corrected chi connectivity index (χ0v) is 8.56. The number of hydrogen-bond acceptors (Lipinski definition) is 2. The highest BCUT2D eigenvalue weighted by molar-refractivity contribution is 7.55. The Morgan fingerprint density at radius 1 is 1.08 bits per heavy atom. The molecule has 0 bridgehead atoms. The lowest BCUT2D eigenvalue weighted by molar-refractivity contribution is 0.386. The van der Waals surface area contributed by atoms with Gasteiger partial charge in [-0.15, -0.1) is 0 Å². The molecule has 0 amide bonds. The minimum absolute atomic E-state index is 0.854. The third-order valence-corrected chi connectivity index (χ3v) is 1.56. The summed E-state index contributed by atoms with van der Waals surface area (Å²) >= 11 is 0. The predicted octanol–water partition coefficient (Wildman–Crippen LogP) is 1.31. The van der Waals surface area contributed by atoms with Crippen LogP contribution in [0.1, 0.15) is 0 Å². The second kappa shape index (κ2) is 5.75. The van der Waals surface area contributed by atoms with Crippen molar-refractivity contribution in [1.82, 2.24) is 4.90 Å². The molecule has 0 unspecified atom stereocenters. The molecule has 0 aliphatic heterocycles. The van der Waals surface area contributed by atoms with Crippen LogP contribution in [-0.2, 0) is 4.57 Å². The molecule has 4 nitrogen and oxygen atoms in total. The average molecular weight is 203 g/mol. The van der Waals surface area contributed by atoms with E-state index >= 15 is 0 Å². The molecule has 0 aromatic carbocycles. The molecule has 0 fully saturated rings. The minimum Gasteiger partial charge on any atom is -0.383 e. The summed E-state index contributed by atoms with van der Waals surface area (Å²) in [5.41, 5.74) is 0. The first kappa shape index (κ1) is 12.2. The van der Waals surface area contributed by atoms with Gasteiger partial charge in [0.25, 0.3) is 0 Å². The van der Waals surface area contributed by atoms with Crippen LogP contribution >= 0.6 is 7.60 Å². The highest BCUT2D eigenvalue weighted by Crippen LogP contribution is 2.35. The predicted molar refractivity (Wildman–Crippen MR) is 53.2 cm³/mol. The first-order chi connectivity index (χ1) is 5.92. The van der Waals surface area contributed by atoms with Crippen molar-refractivity contribution in [2.24, 2.45) is 0 Å². The SMILES string of the molecule is CN(C)/C=C/C=C/C=C/P(=O)(O)O. The Labute approximate surface area is 78.0 Å². The molecule has 0 radical (unpaired) electrons. The van der Waals surface area contributed by atoms with Crippen molar-refractivity contribution in [1.29, 1.82) is 0 Å². The van der Waals surface area contributed by atoms with Crippen molar-refractivity contribution in [3.8, 4) is 0 Å². The fraction of sp³-hybridized carbons (Fsp3) is 0.250. The van der Waals surface area contributed by atoms with Crippen LogP contribution in [0.5, 0.6) is 0 Å². The van der Waals surface area contributed by atoms with Gasteiger partial charge in [0.15, 0.2) is 0 Å². The van der Waals surface area contributed by atoms with Gasteiger partial charge in [0.2, 0.25) is 0 Å². The summed E-state index contributed by atoms with van der Waals surface area (Å²) in [6.45, 7) is 0. The third-order valence-electron chi connectivity index (χ3n) is 0.998. The smallest absolute Gasteiger partial charge is 0.349 e. The van der Waals surface area contributed by atoms with E-state index in [4.69, 9.17) is 9.79 Å². The number of hydrogen-bond donors (Lipinski definition) is 2. The molecule has 0 aliphatic rings. The van der Waals surface area contributed by atoms with Crippen molar-refractivity contribution in [3.05, 3.63) is 36.3 Å². The second-order valence-electron chi connectivity index (χ2n) is 2.62. The van der Waals surface area contributed by atoms with E-state index in [0.29, 0.717) is 0 Å². The van der Waals surface area contributed by atoms with Crippen molar-refractivity contribution < 1.29 is 14.4 Å². The van der Waals surface area contributed by atoms with E-state index < -0.39 is 7.60 Å². The zero-order valence-electron chi connectivity index (χ0n) is 7.66. The topological polar surface area (TPSA) is 60.8 Å². The van der Waals surface area contributed by atoms with Gasteiger partial charge in [-0.25, -0.2) is 0 Å². The van der Waals surface area contributed by atoms with E-state index in [1.165, 1.54) is 6.08 Å². The first-order valence-corrected chi connectivity index (χ1v) is 5.34. The van der Waals surface area contributed by atoms with E-state index in [1.54, 1.807) is 18.2 Å². The van der Waals surface area contributed by atoms with Crippen LogP contribution in [0.25, 0.3) is 0 Å². The summed E-state index contributed by atoms with van der Waals surface area (Å²) in [5.74, 6) is 0.854. The Balaban J connectivity index is 3.90. The monoisotopic (exact) mass is 203 g/mol. The number of allylic oxidation sites excluding steroid dienone is 4. The van der Waals surface area contributed by atoms with Crippen molar-refractivity contribution in [2.45, 2.75) is 0 Å². The normalized spacial score (nSPS) is 13.5. The van der Waals surface area contributed by atoms with Crippen molar-refractivity contribution in [2.75, 3.05) is 14.1 Å². The van der Waals surface area contributed by atoms with Gasteiger partial charge in [-0.2, -0.15) is 0 Å². The Bertz CT molecular complexity index is 263. The van der Waals surface area contributed by atoms with Crippen LogP contribution in [0.4, 0.5) is 0 Å². The molecular formula is C8H14NO3P. The lowest BCUT2D eigenvalue weighted by Gasteiger charge is -2.00. The van der Waals surface area contributed by atoms with Gasteiger partial charge in [0.1, 0.15) is 0 Å². The molecule has 0 rings (SSSR count). The fourth-order valence-electron chi connectivity index (χ4n) is 0.512. The third kappa shape index (κ3) is 11.2. The van der Waals surface area contributed by atoms with E-state index in [1.807, 2.05) is 25.2 Å². The van der Waals surface area contributed by atoms with Gasteiger partial charge in [-0.1, -0.05) is 18.2 Å². The molecule has 13 heavy (non-hydrogen) atoms. The molecule has 0 aliphatic carbocycles. The Kier molecular flexibility index (Phi) is 5.39. The van der Waals surface area contributed by atoms with Gasteiger partial charge >= 0.3 is 7.60 Å². The van der Waals surface area contributed by atoms with Crippen LogP contribution in [0.3, 0.4) is 0 Å². The maximum atomic E-state index is 10.3. The van der Waals surface area contributed by atoms with Crippen LogP contribution in [0.2, 0.25) is 0 Å². The maximum Gasteiger partial charge on any atom is 0.349 e. The molecule has 0 saturated carbocycles. The summed E-state index contributed by atoms with van der Waals surface area (Å²) in [7, 11) is -0.230. The van der Waals surface area contributed by atoms with Crippen LogP contribution < -0.4 is 0 Å². The molecule has 2 N–H and O–H groups in total. The summed E-state index contributed by atoms with van der Waals surface area (Å²) in [6.07, 6.45) is 8.15. The van der Waals surface area contributed by atoms with Crippen molar-refractivity contribution >= 4 is 7.60 Å². The summed E-state index contributed by atoms with van der Waals surface area (Å²) in [4.78, 5) is 18.7. The molecule has 0 spiro atoms. The average Bonchev–Trinajstić information content (AvgIpc) is 1.93. The van der Waals surface area contributed by atoms with Crippen molar-refractivity contribution in [3.63, 3.8) is 0 Å². The van der Waals surface area contributed by atoms with E-state index in [2.05, 4.69) is 0 Å². The molecule has 0 atom stereocenters. The Morgan fingerprint density at radius 2 is 1.62 bits per heavy atom. The minimum atomic E-state index is -4.00. The molecular weight excluding hydrogens is 189 g/mol. The summed E-state index contributed by atoms with van der Waals surface area (Å²) in [6, 6.07) is 0. The van der Waals surface area contributed by atoms with E-state index in [-0.39, 0.29) is 0 Å². The lowest BCUT2D eigenvalue weighted by atomic mass is 10.4. The van der Waals surface area contributed by atoms with Crippen LogP contribution in [-0.4, -0.2) is 28.8 Å². The molecule has 5 heteroatoms. The van der Waals surface area contributed by atoms with E-state index in [0.717, 1.165) is 5.82 Å². The van der Waals surface area contributed by atoms with Gasteiger partial charge in [0.05, 0.1) is 0 Å². The molecule has 0 aromatic rings. The summed E-state index contributed by atoms with van der Waals surface area (Å²) in [5, 5.41) is 0. The number of rotatable bonds is 4. The van der Waals surface area contributed by atoms with Gasteiger partial charge in [0, 0.05) is 19.9 Å². The Morgan fingerprint density at radius 3 is 2.08 bits per heavy atom. The lowest BCUT2D eigenvalue weighted by Crippen LogP contribution is -1.99. The molecule has 0 saturated heterocycles. The summed E-state index contributed by atoms with van der Waals surface area (Å²) < 4.78 is 10.3. The molecule has 0 aromatic heterocycles. The Hall–Kier alpha value is -0.830. The largest absolute Gasteiger partial charge is 0.383 e. The zero-order chi connectivity index (χ0) is 10.3. The van der Waals surface area contributed by atoms with Crippen LogP contribution in [0, 0.1) is 0 Å². The maximum absolute atomic E-state index is 10.3. The standard InChI is InChI=1S/C8H14NO3P/c1-9(2)7-5-3-4-6-8-13(10,11)12/h3-8H,1-2H3,(H2,10,11,12)/b4-3+,7-5+,8-6+. The highest BCUT2D eigenvalue weighted by atomic mass is 31.2. The number of nitrogens with zero attached hydrogens (tertiary/aromatic N) is 1. The van der Waals surface area contributed by atoms with Gasteiger partial charge < -0.3 is 14.7 Å². The van der Waals surface area contributed by atoms with Gasteiger partial charge in [-0.3, -0.25) is 4.57 Å². The first-order valence-electron chi connectivity index (χ1n) is 3.66. The van der Waals surface area contributed by atoms with E-state index in [9.17, 15) is 4.57 Å². The van der Waals surface area contributed by atoms with Gasteiger partial charge in [-0.05, 0) is 12.3 Å². The molecule has 74 valence electrons. The second-order valence-corrected chi connectivity index (χ2v) is 4.10.